The van der Waals surface area contributed by atoms with Crippen LogP contribution in [0.3, 0.4) is 0 Å². The zero-order valence-corrected chi connectivity index (χ0v) is 8.36. The van der Waals surface area contributed by atoms with Crippen LogP contribution in [0.4, 0.5) is 0 Å². The molecule has 0 saturated carbocycles. The van der Waals surface area contributed by atoms with E-state index in [1.54, 1.807) is 12.1 Å². The molecule has 0 spiro atoms. The highest BCUT2D eigenvalue weighted by atomic mass is 16.5. The highest BCUT2D eigenvalue weighted by Gasteiger charge is 2.14. The van der Waals surface area contributed by atoms with Crippen LogP contribution in [0.1, 0.15) is 28.8 Å². The molecule has 0 saturated heterocycles. The zero-order chi connectivity index (χ0) is 10.6. The molecule has 1 rings (SSSR count). The number of rotatable bonds is 3. The molecule has 0 aromatic heterocycles. The van der Waals surface area contributed by atoms with E-state index in [-0.39, 0.29) is 18.5 Å². The molecule has 14 heavy (non-hydrogen) atoms. The molecular weight excluding hydrogens is 180 g/mol. The van der Waals surface area contributed by atoms with Crippen LogP contribution in [-0.2, 0) is 4.74 Å². The van der Waals surface area contributed by atoms with Gasteiger partial charge in [-0.2, -0.15) is 0 Å². The molecule has 0 bridgehead atoms. The number of aliphatic hydroxyl groups excluding tert-OH is 1. The van der Waals surface area contributed by atoms with Crippen molar-refractivity contribution >= 4 is 5.97 Å². The fourth-order valence-corrected chi connectivity index (χ4v) is 1.32. The van der Waals surface area contributed by atoms with Crippen LogP contribution in [0.25, 0.3) is 0 Å². The average Bonchev–Trinajstić information content (AvgIpc) is 2.27. The Morgan fingerprint density at radius 2 is 2.14 bits per heavy atom. The Morgan fingerprint density at radius 3 is 2.71 bits per heavy atom. The minimum Gasteiger partial charge on any atom is -0.465 e. The molecular formula is C11H14O3. The first-order valence-electron chi connectivity index (χ1n) is 4.48. The van der Waals surface area contributed by atoms with Gasteiger partial charge in [0.15, 0.2) is 0 Å². The van der Waals surface area contributed by atoms with Crippen LogP contribution in [0.5, 0.6) is 0 Å². The Hall–Kier alpha value is -1.35. The molecule has 0 aliphatic rings. The van der Waals surface area contributed by atoms with Gasteiger partial charge in [-0.25, -0.2) is 4.79 Å². The highest BCUT2D eigenvalue weighted by molar-refractivity contribution is 5.91. The highest BCUT2D eigenvalue weighted by Crippen LogP contribution is 2.19. The van der Waals surface area contributed by atoms with Crippen molar-refractivity contribution in [1.29, 1.82) is 0 Å². The second kappa shape index (κ2) is 4.77. The van der Waals surface area contributed by atoms with Crippen LogP contribution < -0.4 is 0 Å². The van der Waals surface area contributed by atoms with E-state index in [9.17, 15) is 4.79 Å². The lowest BCUT2D eigenvalue weighted by molar-refractivity contribution is 0.0598. The monoisotopic (exact) mass is 194 g/mol. The minimum absolute atomic E-state index is 0.0218. The summed E-state index contributed by atoms with van der Waals surface area (Å²) in [6, 6.07) is 7.15. The first-order chi connectivity index (χ1) is 6.70. The lowest BCUT2D eigenvalue weighted by Crippen LogP contribution is -2.09. The van der Waals surface area contributed by atoms with Gasteiger partial charge in [0.1, 0.15) is 0 Å². The molecule has 0 aliphatic carbocycles. The standard InChI is InChI=1S/C11H14O3/c1-8(7-12)9-5-3-4-6-10(9)11(13)14-2/h3-6,8,12H,7H2,1-2H3/t8-/m0/s1. The van der Waals surface area contributed by atoms with Crippen molar-refractivity contribution < 1.29 is 14.6 Å². The van der Waals surface area contributed by atoms with Gasteiger partial charge in [-0.3, -0.25) is 0 Å². The van der Waals surface area contributed by atoms with E-state index in [0.29, 0.717) is 5.56 Å². The molecule has 3 heteroatoms. The first kappa shape index (κ1) is 10.7. The minimum atomic E-state index is -0.360. The average molecular weight is 194 g/mol. The number of aliphatic hydroxyl groups is 1. The number of carbonyl (C=O) groups excluding carboxylic acids is 1. The molecule has 1 aromatic rings. The van der Waals surface area contributed by atoms with Crippen LogP contribution in [0.15, 0.2) is 24.3 Å². The van der Waals surface area contributed by atoms with Crippen molar-refractivity contribution in [3.8, 4) is 0 Å². The Bertz CT molecular complexity index is 320. The summed E-state index contributed by atoms with van der Waals surface area (Å²) in [5, 5.41) is 9.02. The third-order valence-electron chi connectivity index (χ3n) is 2.17. The van der Waals surface area contributed by atoms with Crippen LogP contribution in [0.2, 0.25) is 0 Å². The fourth-order valence-electron chi connectivity index (χ4n) is 1.32. The van der Waals surface area contributed by atoms with E-state index in [1.807, 2.05) is 19.1 Å². The van der Waals surface area contributed by atoms with E-state index in [1.165, 1.54) is 7.11 Å². The van der Waals surface area contributed by atoms with Crippen LogP contribution in [-0.4, -0.2) is 24.8 Å². The van der Waals surface area contributed by atoms with Crippen LogP contribution >= 0.6 is 0 Å². The fraction of sp³-hybridized carbons (Fsp3) is 0.364. The number of benzene rings is 1. The summed E-state index contributed by atoms with van der Waals surface area (Å²) in [6.45, 7) is 1.88. The molecule has 1 atom stereocenters. The zero-order valence-electron chi connectivity index (χ0n) is 8.36. The molecule has 0 unspecified atom stereocenters. The van der Waals surface area contributed by atoms with E-state index in [0.717, 1.165) is 5.56 Å². The number of methoxy groups -OCH3 is 1. The van der Waals surface area contributed by atoms with Crippen molar-refractivity contribution in [2.45, 2.75) is 12.8 Å². The van der Waals surface area contributed by atoms with Crippen molar-refractivity contribution in [1.82, 2.24) is 0 Å². The molecule has 0 radical (unpaired) electrons. The second-order valence-electron chi connectivity index (χ2n) is 3.16. The summed E-state index contributed by atoms with van der Waals surface area (Å²) in [5.41, 5.74) is 1.35. The largest absolute Gasteiger partial charge is 0.465 e. The maximum atomic E-state index is 11.4. The number of ether oxygens (including phenoxy) is 1. The third-order valence-corrected chi connectivity index (χ3v) is 2.17. The Morgan fingerprint density at radius 1 is 1.50 bits per heavy atom. The van der Waals surface area contributed by atoms with E-state index in [4.69, 9.17) is 5.11 Å². The molecule has 0 heterocycles. The van der Waals surface area contributed by atoms with E-state index >= 15 is 0 Å². The van der Waals surface area contributed by atoms with Gasteiger partial charge in [-0.05, 0) is 11.6 Å². The summed E-state index contributed by atoms with van der Waals surface area (Å²) < 4.78 is 4.65. The van der Waals surface area contributed by atoms with Gasteiger partial charge in [-0.1, -0.05) is 25.1 Å². The first-order valence-corrected chi connectivity index (χ1v) is 4.48. The Balaban J connectivity index is 3.09. The number of hydrogen-bond acceptors (Lipinski definition) is 3. The van der Waals surface area contributed by atoms with Crippen LogP contribution in [0, 0.1) is 0 Å². The molecule has 76 valence electrons. The Kier molecular flexibility index (Phi) is 3.65. The Labute approximate surface area is 83.3 Å². The van der Waals surface area contributed by atoms with Gasteiger partial charge in [0.05, 0.1) is 12.7 Å². The number of hydrogen-bond donors (Lipinski definition) is 1. The van der Waals surface area contributed by atoms with Crippen molar-refractivity contribution in [3.05, 3.63) is 35.4 Å². The summed E-state index contributed by atoms with van der Waals surface area (Å²) in [7, 11) is 1.35. The summed E-state index contributed by atoms with van der Waals surface area (Å²) >= 11 is 0. The molecule has 0 aliphatic heterocycles. The summed E-state index contributed by atoms with van der Waals surface area (Å²) in [4.78, 5) is 11.4. The van der Waals surface area contributed by atoms with Gasteiger partial charge in [-0.15, -0.1) is 0 Å². The lowest BCUT2D eigenvalue weighted by Gasteiger charge is -2.12. The predicted molar refractivity (Wildman–Crippen MR) is 53.3 cm³/mol. The lowest BCUT2D eigenvalue weighted by atomic mass is 9.96. The van der Waals surface area contributed by atoms with Crippen molar-refractivity contribution in [3.63, 3.8) is 0 Å². The van der Waals surface area contributed by atoms with Gasteiger partial charge in [0.25, 0.3) is 0 Å². The van der Waals surface area contributed by atoms with Gasteiger partial charge < -0.3 is 9.84 Å². The maximum Gasteiger partial charge on any atom is 0.338 e. The number of esters is 1. The molecule has 0 amide bonds. The second-order valence-corrected chi connectivity index (χ2v) is 3.16. The predicted octanol–water partition coefficient (Wildman–Crippen LogP) is 1.57. The van der Waals surface area contributed by atoms with Gasteiger partial charge >= 0.3 is 5.97 Å². The number of carbonyl (C=O) groups is 1. The third kappa shape index (κ3) is 2.12. The molecule has 0 fully saturated rings. The van der Waals surface area contributed by atoms with E-state index in [2.05, 4.69) is 4.74 Å². The summed E-state index contributed by atoms with van der Waals surface area (Å²) in [6.07, 6.45) is 0. The van der Waals surface area contributed by atoms with Gasteiger partial charge in [0.2, 0.25) is 0 Å². The maximum absolute atomic E-state index is 11.4. The molecule has 1 aromatic carbocycles. The van der Waals surface area contributed by atoms with E-state index < -0.39 is 0 Å². The SMILES string of the molecule is COC(=O)c1ccccc1[C@@H](C)CO. The topological polar surface area (TPSA) is 46.5 Å². The normalized spacial score (nSPS) is 12.2. The van der Waals surface area contributed by atoms with Gasteiger partial charge in [0, 0.05) is 12.5 Å². The van der Waals surface area contributed by atoms with Crippen molar-refractivity contribution in [2.24, 2.45) is 0 Å². The summed E-state index contributed by atoms with van der Waals surface area (Å²) in [5.74, 6) is -0.411. The quantitative estimate of drug-likeness (QED) is 0.743. The molecule has 1 N–H and O–H groups in total. The van der Waals surface area contributed by atoms with Crippen molar-refractivity contribution in [2.75, 3.05) is 13.7 Å². The molecule has 3 nitrogen and oxygen atoms in total. The smallest absolute Gasteiger partial charge is 0.338 e.